The molecule has 1 rings (SSSR count). The first-order valence-corrected chi connectivity index (χ1v) is 6.77. The van der Waals surface area contributed by atoms with Crippen molar-refractivity contribution in [2.24, 2.45) is 0 Å². The number of unbranched alkanes of at least 4 members (excludes halogenated alkanes) is 1. The van der Waals surface area contributed by atoms with Gasteiger partial charge in [-0.1, -0.05) is 26.3 Å². The zero-order chi connectivity index (χ0) is 14.1. The predicted molar refractivity (Wildman–Crippen MR) is 75.5 cm³/mol. The molecule has 0 atom stereocenters. The number of methoxy groups -OCH3 is 1. The predicted octanol–water partition coefficient (Wildman–Crippen LogP) is 3.28. The van der Waals surface area contributed by atoms with Gasteiger partial charge in [0, 0.05) is 6.54 Å². The monoisotopic (exact) mass is 265 g/mol. The summed E-state index contributed by atoms with van der Waals surface area (Å²) in [6, 6.07) is 5.84. The van der Waals surface area contributed by atoms with E-state index < -0.39 is 0 Å². The zero-order valence-corrected chi connectivity index (χ0v) is 12.0. The number of ether oxygens (including phenoxy) is 2. The first-order valence-electron chi connectivity index (χ1n) is 6.77. The molecule has 0 aliphatic rings. The quantitative estimate of drug-likeness (QED) is 0.770. The van der Waals surface area contributed by atoms with Gasteiger partial charge in [-0.25, -0.2) is 4.79 Å². The number of hydrogen-bond acceptors (Lipinski definition) is 3. The molecule has 19 heavy (non-hydrogen) atoms. The number of aryl methyl sites for hydroxylation is 1. The minimum atomic E-state index is -0.359. The fraction of sp³-hybridized carbons (Fsp3) is 0.533. The molecule has 0 aromatic heterocycles. The van der Waals surface area contributed by atoms with Crippen molar-refractivity contribution in [1.82, 2.24) is 5.32 Å². The van der Waals surface area contributed by atoms with Gasteiger partial charge in [-0.15, -0.1) is 0 Å². The Balaban J connectivity index is 2.47. The minimum Gasteiger partial charge on any atom is -0.496 e. The Bertz CT molecular complexity index is 404. The van der Waals surface area contributed by atoms with Crippen molar-refractivity contribution in [3.05, 3.63) is 29.3 Å². The summed E-state index contributed by atoms with van der Waals surface area (Å²) in [4.78, 5) is 11.4. The molecule has 106 valence electrons. The van der Waals surface area contributed by atoms with Crippen LogP contribution in [0.1, 0.15) is 37.8 Å². The molecule has 0 aliphatic heterocycles. The minimum absolute atomic E-state index is 0.287. The van der Waals surface area contributed by atoms with Gasteiger partial charge in [0.1, 0.15) is 12.4 Å². The smallest absolute Gasteiger partial charge is 0.407 e. The molecule has 0 aliphatic carbocycles. The van der Waals surface area contributed by atoms with E-state index in [1.807, 2.05) is 18.2 Å². The molecular weight excluding hydrogens is 242 g/mol. The normalized spacial score (nSPS) is 10.1. The highest BCUT2D eigenvalue weighted by Crippen LogP contribution is 2.20. The van der Waals surface area contributed by atoms with E-state index in [4.69, 9.17) is 9.47 Å². The van der Waals surface area contributed by atoms with Gasteiger partial charge in [0.25, 0.3) is 0 Å². The van der Waals surface area contributed by atoms with Crippen LogP contribution in [-0.4, -0.2) is 19.7 Å². The van der Waals surface area contributed by atoms with Crippen LogP contribution >= 0.6 is 0 Å². The molecule has 1 aromatic carbocycles. The second kappa shape index (κ2) is 8.40. The molecule has 0 radical (unpaired) electrons. The lowest BCUT2D eigenvalue weighted by molar-refractivity contribution is 0.139. The van der Waals surface area contributed by atoms with Crippen molar-refractivity contribution in [1.29, 1.82) is 0 Å². The van der Waals surface area contributed by atoms with Crippen molar-refractivity contribution in [3.63, 3.8) is 0 Å². The van der Waals surface area contributed by atoms with Crippen molar-refractivity contribution in [2.75, 3.05) is 13.7 Å². The molecule has 1 amide bonds. The van der Waals surface area contributed by atoms with Crippen molar-refractivity contribution in [3.8, 4) is 5.75 Å². The molecule has 1 N–H and O–H groups in total. The summed E-state index contributed by atoms with van der Waals surface area (Å²) < 4.78 is 10.4. The van der Waals surface area contributed by atoms with Gasteiger partial charge < -0.3 is 14.8 Å². The largest absolute Gasteiger partial charge is 0.496 e. The van der Waals surface area contributed by atoms with Crippen molar-refractivity contribution < 1.29 is 14.3 Å². The average Bonchev–Trinajstić information content (AvgIpc) is 2.45. The van der Waals surface area contributed by atoms with Crippen LogP contribution in [0.4, 0.5) is 4.79 Å². The summed E-state index contributed by atoms with van der Waals surface area (Å²) in [7, 11) is 1.66. The number of carbonyl (C=O) groups excluding carboxylic acids is 1. The van der Waals surface area contributed by atoms with Crippen LogP contribution in [0.3, 0.4) is 0 Å². The molecule has 0 spiro atoms. The number of hydrogen-bond donors (Lipinski definition) is 1. The number of carbonyl (C=O) groups is 1. The summed E-state index contributed by atoms with van der Waals surface area (Å²) in [5, 5.41) is 2.72. The molecule has 4 nitrogen and oxygen atoms in total. The van der Waals surface area contributed by atoms with Gasteiger partial charge in [0.15, 0.2) is 0 Å². The lowest BCUT2D eigenvalue weighted by Gasteiger charge is -2.10. The Morgan fingerprint density at radius 2 is 2.11 bits per heavy atom. The van der Waals surface area contributed by atoms with Crippen LogP contribution in [0.15, 0.2) is 18.2 Å². The molecule has 0 saturated carbocycles. The number of benzene rings is 1. The van der Waals surface area contributed by atoms with E-state index in [1.165, 1.54) is 0 Å². The number of rotatable bonds is 7. The second-order valence-electron chi connectivity index (χ2n) is 4.36. The first kappa shape index (κ1) is 15.3. The number of amides is 1. The maximum absolute atomic E-state index is 11.4. The van der Waals surface area contributed by atoms with E-state index in [-0.39, 0.29) is 12.7 Å². The summed E-state index contributed by atoms with van der Waals surface area (Å²) >= 11 is 0. The van der Waals surface area contributed by atoms with E-state index in [0.717, 1.165) is 36.1 Å². The van der Waals surface area contributed by atoms with Crippen LogP contribution in [0.5, 0.6) is 5.75 Å². The standard InChI is InChI=1S/C15H23NO3/c1-4-6-9-16-15(17)19-11-12-7-8-14(18-3)13(5-2)10-12/h7-8,10H,4-6,9,11H2,1-3H3,(H,16,17). The summed E-state index contributed by atoms with van der Waals surface area (Å²) in [6.45, 7) is 5.10. The zero-order valence-electron chi connectivity index (χ0n) is 12.0. The van der Waals surface area contributed by atoms with Crippen LogP contribution in [0.2, 0.25) is 0 Å². The Labute approximate surface area is 115 Å². The van der Waals surface area contributed by atoms with E-state index >= 15 is 0 Å². The lowest BCUT2D eigenvalue weighted by Crippen LogP contribution is -2.25. The van der Waals surface area contributed by atoms with Crippen LogP contribution in [0, 0.1) is 0 Å². The van der Waals surface area contributed by atoms with E-state index in [0.29, 0.717) is 6.54 Å². The van der Waals surface area contributed by atoms with Crippen LogP contribution < -0.4 is 10.1 Å². The fourth-order valence-corrected chi connectivity index (χ4v) is 1.77. The highest BCUT2D eigenvalue weighted by Gasteiger charge is 2.05. The van der Waals surface area contributed by atoms with Gasteiger partial charge in [-0.2, -0.15) is 0 Å². The molecule has 0 fully saturated rings. The highest BCUT2D eigenvalue weighted by atomic mass is 16.5. The molecule has 0 unspecified atom stereocenters. The average molecular weight is 265 g/mol. The Morgan fingerprint density at radius 3 is 2.74 bits per heavy atom. The summed E-state index contributed by atoms with van der Waals surface area (Å²) in [5.74, 6) is 0.874. The van der Waals surface area contributed by atoms with Crippen LogP contribution in [0.25, 0.3) is 0 Å². The van der Waals surface area contributed by atoms with E-state index in [1.54, 1.807) is 7.11 Å². The van der Waals surface area contributed by atoms with Gasteiger partial charge in [0.05, 0.1) is 7.11 Å². The Hall–Kier alpha value is -1.71. The third-order valence-electron chi connectivity index (χ3n) is 2.90. The number of nitrogens with one attached hydrogen (secondary N) is 1. The van der Waals surface area contributed by atoms with Gasteiger partial charge >= 0.3 is 6.09 Å². The highest BCUT2D eigenvalue weighted by molar-refractivity contribution is 5.67. The van der Waals surface area contributed by atoms with Gasteiger partial charge in [-0.3, -0.25) is 0 Å². The fourth-order valence-electron chi connectivity index (χ4n) is 1.77. The molecular formula is C15H23NO3. The Morgan fingerprint density at radius 1 is 1.32 bits per heavy atom. The SMILES string of the molecule is CCCCNC(=O)OCc1ccc(OC)c(CC)c1. The third-order valence-corrected chi connectivity index (χ3v) is 2.90. The lowest BCUT2D eigenvalue weighted by atomic mass is 10.1. The molecule has 4 heteroatoms. The summed E-state index contributed by atoms with van der Waals surface area (Å²) in [5.41, 5.74) is 2.10. The van der Waals surface area contributed by atoms with E-state index in [2.05, 4.69) is 19.2 Å². The van der Waals surface area contributed by atoms with Crippen molar-refractivity contribution >= 4 is 6.09 Å². The van der Waals surface area contributed by atoms with Gasteiger partial charge in [0.2, 0.25) is 0 Å². The molecule has 0 saturated heterocycles. The molecule has 1 aromatic rings. The van der Waals surface area contributed by atoms with Crippen molar-refractivity contribution in [2.45, 2.75) is 39.7 Å². The Kier molecular flexibility index (Phi) is 6.79. The third kappa shape index (κ3) is 5.20. The topological polar surface area (TPSA) is 47.6 Å². The van der Waals surface area contributed by atoms with Crippen LogP contribution in [-0.2, 0) is 17.8 Å². The summed E-state index contributed by atoms with van der Waals surface area (Å²) in [6.07, 6.45) is 2.55. The maximum Gasteiger partial charge on any atom is 0.407 e. The molecule has 0 bridgehead atoms. The maximum atomic E-state index is 11.4. The second-order valence-corrected chi connectivity index (χ2v) is 4.36. The molecule has 0 heterocycles. The van der Waals surface area contributed by atoms with Gasteiger partial charge in [-0.05, 0) is 36.1 Å². The number of alkyl carbamates (subject to hydrolysis) is 1. The van der Waals surface area contributed by atoms with E-state index in [9.17, 15) is 4.79 Å². The first-order chi connectivity index (χ1) is 9.21.